The number of methoxy groups -OCH3 is 1. The van der Waals surface area contributed by atoms with Gasteiger partial charge in [-0.3, -0.25) is 0 Å². The van der Waals surface area contributed by atoms with Gasteiger partial charge in [0.1, 0.15) is 5.75 Å². The maximum atomic E-state index is 6.18. The van der Waals surface area contributed by atoms with Crippen LogP contribution in [0.2, 0.25) is 5.02 Å². The number of aryl methyl sites for hydroxylation is 1. The lowest BCUT2D eigenvalue weighted by Crippen LogP contribution is -2.05. The molecular formula is C12H15ClN2O. The molecule has 86 valence electrons. The molecule has 1 aromatic heterocycles. The van der Waals surface area contributed by atoms with E-state index in [1.165, 1.54) is 0 Å². The van der Waals surface area contributed by atoms with Gasteiger partial charge in [-0.1, -0.05) is 11.6 Å². The topological polar surface area (TPSA) is 51.0 Å². The Bertz CT molecular complexity index is 531. The van der Waals surface area contributed by atoms with Gasteiger partial charge in [0, 0.05) is 23.2 Å². The van der Waals surface area contributed by atoms with E-state index in [9.17, 15) is 0 Å². The third-order valence-corrected chi connectivity index (χ3v) is 3.06. The number of nitrogens with one attached hydrogen (secondary N) is 1. The average Bonchev–Trinajstić information content (AvgIpc) is 2.54. The van der Waals surface area contributed by atoms with Gasteiger partial charge in [-0.25, -0.2) is 0 Å². The van der Waals surface area contributed by atoms with E-state index < -0.39 is 0 Å². The van der Waals surface area contributed by atoms with E-state index in [0.717, 1.165) is 27.9 Å². The lowest BCUT2D eigenvalue weighted by atomic mass is 10.1. The van der Waals surface area contributed by atoms with E-state index in [-0.39, 0.29) is 6.04 Å². The smallest absolute Gasteiger partial charge is 0.121 e. The SMILES string of the molecule is COc1cc(Cl)c2[nH]c(C)c(C(C)N)c2c1. The number of aromatic nitrogens is 1. The number of hydrogen-bond donors (Lipinski definition) is 2. The van der Waals surface area contributed by atoms with E-state index in [1.807, 2.05) is 19.9 Å². The van der Waals surface area contributed by atoms with Crippen LogP contribution in [0.1, 0.15) is 24.2 Å². The summed E-state index contributed by atoms with van der Waals surface area (Å²) in [5, 5.41) is 1.70. The van der Waals surface area contributed by atoms with Crippen LogP contribution in [0, 0.1) is 6.92 Å². The van der Waals surface area contributed by atoms with Crippen LogP contribution < -0.4 is 10.5 Å². The maximum Gasteiger partial charge on any atom is 0.121 e. The van der Waals surface area contributed by atoms with Gasteiger partial charge in [0.25, 0.3) is 0 Å². The number of fused-ring (bicyclic) bond motifs is 1. The molecule has 0 saturated heterocycles. The standard InChI is InChI=1S/C12H15ClN2O/c1-6(14)11-7(2)15-12-9(11)4-8(16-3)5-10(12)13/h4-6,15H,14H2,1-3H3. The quantitative estimate of drug-likeness (QED) is 0.845. The molecular weight excluding hydrogens is 224 g/mol. The molecule has 0 aliphatic carbocycles. The normalized spacial score (nSPS) is 13.1. The summed E-state index contributed by atoms with van der Waals surface area (Å²) in [5.74, 6) is 0.749. The second kappa shape index (κ2) is 4.00. The highest BCUT2D eigenvalue weighted by molar-refractivity contribution is 6.35. The van der Waals surface area contributed by atoms with Gasteiger partial charge >= 0.3 is 0 Å². The molecule has 1 unspecified atom stereocenters. The minimum absolute atomic E-state index is 0.0306. The summed E-state index contributed by atoms with van der Waals surface area (Å²) in [6, 6.07) is 3.73. The fraction of sp³-hybridized carbons (Fsp3) is 0.333. The Kier molecular flexibility index (Phi) is 2.82. The summed E-state index contributed by atoms with van der Waals surface area (Å²) < 4.78 is 5.21. The second-order valence-corrected chi connectivity index (χ2v) is 4.39. The van der Waals surface area contributed by atoms with Crippen molar-refractivity contribution >= 4 is 22.5 Å². The molecule has 2 aromatic rings. The van der Waals surface area contributed by atoms with E-state index in [1.54, 1.807) is 13.2 Å². The highest BCUT2D eigenvalue weighted by atomic mass is 35.5. The van der Waals surface area contributed by atoms with Crippen LogP contribution >= 0.6 is 11.6 Å². The van der Waals surface area contributed by atoms with Crippen molar-refractivity contribution < 1.29 is 4.74 Å². The third kappa shape index (κ3) is 1.66. The van der Waals surface area contributed by atoms with Gasteiger partial charge in [0.2, 0.25) is 0 Å². The number of rotatable bonds is 2. The van der Waals surface area contributed by atoms with Gasteiger partial charge in [-0.2, -0.15) is 0 Å². The first-order chi connectivity index (χ1) is 7.54. The first-order valence-electron chi connectivity index (χ1n) is 5.16. The molecule has 1 atom stereocenters. The Hall–Kier alpha value is -1.19. The lowest BCUT2D eigenvalue weighted by Gasteiger charge is -2.06. The number of aromatic amines is 1. The molecule has 0 amide bonds. The van der Waals surface area contributed by atoms with Crippen LogP contribution in [0.25, 0.3) is 10.9 Å². The summed E-state index contributed by atoms with van der Waals surface area (Å²) in [7, 11) is 1.63. The molecule has 1 aromatic carbocycles. The van der Waals surface area contributed by atoms with Crippen LogP contribution in [0.5, 0.6) is 5.75 Å². The predicted molar refractivity (Wildman–Crippen MR) is 67.2 cm³/mol. The zero-order chi connectivity index (χ0) is 11.9. The van der Waals surface area contributed by atoms with Crippen molar-refractivity contribution in [3.63, 3.8) is 0 Å². The minimum Gasteiger partial charge on any atom is -0.497 e. The molecule has 0 aliphatic rings. The molecule has 1 heterocycles. The molecule has 0 bridgehead atoms. The number of nitrogens with two attached hydrogens (primary N) is 1. The van der Waals surface area contributed by atoms with Crippen LogP contribution in [-0.2, 0) is 0 Å². The van der Waals surface area contributed by atoms with Crippen LogP contribution in [0.3, 0.4) is 0 Å². The third-order valence-electron chi connectivity index (χ3n) is 2.76. The Balaban J connectivity index is 2.81. The van der Waals surface area contributed by atoms with Gasteiger partial charge in [0.05, 0.1) is 17.6 Å². The molecule has 4 heteroatoms. The van der Waals surface area contributed by atoms with Crippen LogP contribution in [0.4, 0.5) is 0 Å². The first kappa shape index (κ1) is 11.3. The molecule has 0 aliphatic heterocycles. The predicted octanol–water partition coefficient (Wildman–Crippen LogP) is 3.16. The Morgan fingerprint density at radius 2 is 2.12 bits per heavy atom. The van der Waals surface area contributed by atoms with Crippen molar-refractivity contribution in [1.82, 2.24) is 4.98 Å². The first-order valence-corrected chi connectivity index (χ1v) is 5.53. The highest BCUT2D eigenvalue weighted by Crippen LogP contribution is 2.34. The van der Waals surface area contributed by atoms with Gasteiger partial charge in [-0.05, 0) is 25.5 Å². The monoisotopic (exact) mass is 238 g/mol. The summed E-state index contributed by atoms with van der Waals surface area (Å²) in [6.07, 6.45) is 0. The Morgan fingerprint density at radius 3 is 2.69 bits per heavy atom. The molecule has 3 nitrogen and oxygen atoms in total. The van der Waals surface area contributed by atoms with E-state index in [2.05, 4.69) is 4.98 Å². The molecule has 16 heavy (non-hydrogen) atoms. The van der Waals surface area contributed by atoms with E-state index in [0.29, 0.717) is 5.02 Å². The molecule has 0 spiro atoms. The van der Waals surface area contributed by atoms with Crippen molar-refractivity contribution in [2.45, 2.75) is 19.9 Å². The lowest BCUT2D eigenvalue weighted by molar-refractivity contribution is 0.415. The highest BCUT2D eigenvalue weighted by Gasteiger charge is 2.15. The van der Waals surface area contributed by atoms with Gasteiger partial charge in [-0.15, -0.1) is 0 Å². The fourth-order valence-electron chi connectivity index (χ4n) is 2.08. The van der Waals surface area contributed by atoms with Crippen molar-refractivity contribution in [2.75, 3.05) is 7.11 Å². The van der Waals surface area contributed by atoms with Crippen LogP contribution in [-0.4, -0.2) is 12.1 Å². The second-order valence-electron chi connectivity index (χ2n) is 3.98. The number of H-pyrrole nitrogens is 1. The maximum absolute atomic E-state index is 6.18. The zero-order valence-corrected chi connectivity index (χ0v) is 10.4. The number of halogens is 1. The Labute approximate surface area is 99.5 Å². The van der Waals surface area contributed by atoms with Gasteiger partial charge in [0.15, 0.2) is 0 Å². The number of ether oxygens (including phenoxy) is 1. The molecule has 0 radical (unpaired) electrons. The van der Waals surface area contributed by atoms with E-state index >= 15 is 0 Å². The number of benzene rings is 1. The summed E-state index contributed by atoms with van der Waals surface area (Å²) >= 11 is 6.18. The zero-order valence-electron chi connectivity index (χ0n) is 9.60. The summed E-state index contributed by atoms with van der Waals surface area (Å²) in [6.45, 7) is 3.96. The van der Waals surface area contributed by atoms with Gasteiger partial charge < -0.3 is 15.5 Å². The van der Waals surface area contributed by atoms with Crippen molar-refractivity contribution in [1.29, 1.82) is 0 Å². The fourth-order valence-corrected chi connectivity index (χ4v) is 2.34. The summed E-state index contributed by atoms with van der Waals surface area (Å²) in [5.41, 5.74) is 9.04. The largest absolute Gasteiger partial charge is 0.497 e. The van der Waals surface area contributed by atoms with Crippen molar-refractivity contribution in [3.8, 4) is 5.75 Å². The van der Waals surface area contributed by atoms with E-state index in [4.69, 9.17) is 22.1 Å². The molecule has 3 N–H and O–H groups in total. The van der Waals surface area contributed by atoms with Crippen molar-refractivity contribution in [2.24, 2.45) is 5.73 Å². The van der Waals surface area contributed by atoms with Crippen LogP contribution in [0.15, 0.2) is 12.1 Å². The number of hydrogen-bond acceptors (Lipinski definition) is 2. The average molecular weight is 239 g/mol. The molecule has 2 rings (SSSR count). The Morgan fingerprint density at radius 1 is 1.44 bits per heavy atom. The molecule has 0 fully saturated rings. The molecule has 0 saturated carbocycles. The summed E-state index contributed by atoms with van der Waals surface area (Å²) in [4.78, 5) is 3.26. The minimum atomic E-state index is -0.0306. The van der Waals surface area contributed by atoms with Crippen molar-refractivity contribution in [3.05, 3.63) is 28.4 Å².